The van der Waals surface area contributed by atoms with Gasteiger partial charge in [-0.1, -0.05) is 5.92 Å². The standard InChI is InChI=1S/C13H11F2N2O2/c1-3-4-5-17-11-7-10(15)9(14)6-8(11)12(18)16(2)13(17)19/h6-7,9H,5H2,1-2H3/q+1. The molecule has 4 nitrogen and oxygen atoms in total. The Bertz CT molecular complexity index is 620. The van der Waals surface area contributed by atoms with Crippen LogP contribution in [0.3, 0.4) is 0 Å². The molecule has 1 aliphatic carbocycles. The van der Waals surface area contributed by atoms with Crippen molar-refractivity contribution in [1.29, 1.82) is 0 Å². The maximum absolute atomic E-state index is 13.3. The van der Waals surface area contributed by atoms with Gasteiger partial charge in [-0.25, -0.2) is 13.6 Å². The topological polar surface area (TPSA) is 40.4 Å². The van der Waals surface area contributed by atoms with Crippen LogP contribution in [-0.4, -0.2) is 46.9 Å². The van der Waals surface area contributed by atoms with Crippen LogP contribution >= 0.6 is 0 Å². The summed E-state index contributed by atoms with van der Waals surface area (Å²) in [5, 5.41) is 0. The summed E-state index contributed by atoms with van der Waals surface area (Å²) in [6.07, 6.45) is -0.203. The second-order valence-electron chi connectivity index (χ2n) is 4.06. The van der Waals surface area contributed by atoms with E-state index in [1.54, 1.807) is 6.92 Å². The van der Waals surface area contributed by atoms with Crippen molar-refractivity contribution in [3.63, 3.8) is 0 Å². The Hall–Kier alpha value is -2.29. The van der Waals surface area contributed by atoms with E-state index in [1.807, 2.05) is 0 Å². The van der Waals surface area contributed by atoms with Gasteiger partial charge in [0.25, 0.3) is 0 Å². The maximum Gasteiger partial charge on any atom is 0.502 e. The summed E-state index contributed by atoms with van der Waals surface area (Å²) < 4.78 is 27.8. The van der Waals surface area contributed by atoms with Crippen molar-refractivity contribution in [1.82, 2.24) is 4.90 Å². The Morgan fingerprint density at radius 2 is 2.16 bits per heavy atom. The lowest BCUT2D eigenvalue weighted by Gasteiger charge is -2.22. The quantitative estimate of drug-likeness (QED) is 0.528. The number of hydrogen-bond donors (Lipinski definition) is 0. The lowest BCUT2D eigenvalue weighted by molar-refractivity contribution is -0.421. The summed E-state index contributed by atoms with van der Waals surface area (Å²) >= 11 is 0. The van der Waals surface area contributed by atoms with Crippen LogP contribution in [0.15, 0.2) is 23.6 Å². The molecule has 0 bridgehead atoms. The fourth-order valence-corrected chi connectivity index (χ4v) is 1.87. The minimum atomic E-state index is -1.96. The lowest BCUT2D eigenvalue weighted by atomic mass is 9.98. The number of alkyl halides is 1. The molecule has 0 aromatic rings. The number of allylic oxidation sites excluding steroid dienone is 3. The van der Waals surface area contributed by atoms with Gasteiger partial charge in [0.2, 0.25) is 0 Å². The third kappa shape index (κ3) is 2.08. The number of halogens is 2. The number of rotatable bonds is 1. The third-order valence-electron chi connectivity index (χ3n) is 2.88. The minimum Gasteiger partial charge on any atom is -0.241 e. The molecule has 19 heavy (non-hydrogen) atoms. The number of amides is 3. The molecule has 3 amide bonds. The van der Waals surface area contributed by atoms with Crippen molar-refractivity contribution >= 4 is 17.6 Å². The molecule has 0 saturated heterocycles. The highest BCUT2D eigenvalue weighted by Gasteiger charge is 2.43. The smallest absolute Gasteiger partial charge is 0.241 e. The second-order valence-corrected chi connectivity index (χ2v) is 4.06. The fourth-order valence-electron chi connectivity index (χ4n) is 1.87. The zero-order valence-corrected chi connectivity index (χ0v) is 10.4. The molecule has 2 aliphatic rings. The van der Waals surface area contributed by atoms with E-state index < -0.39 is 23.9 Å². The minimum absolute atomic E-state index is 0.0142. The summed E-state index contributed by atoms with van der Waals surface area (Å²) in [7, 11) is 1.29. The van der Waals surface area contributed by atoms with Crippen molar-refractivity contribution in [2.75, 3.05) is 13.6 Å². The maximum atomic E-state index is 13.3. The van der Waals surface area contributed by atoms with Crippen molar-refractivity contribution in [3.8, 4) is 11.8 Å². The van der Waals surface area contributed by atoms with E-state index in [0.717, 1.165) is 21.6 Å². The van der Waals surface area contributed by atoms with Crippen molar-refractivity contribution in [2.45, 2.75) is 13.1 Å². The van der Waals surface area contributed by atoms with Gasteiger partial charge in [0.15, 0.2) is 12.7 Å². The first-order valence-electron chi connectivity index (χ1n) is 5.56. The van der Waals surface area contributed by atoms with Crippen molar-refractivity contribution in [3.05, 3.63) is 23.6 Å². The first-order chi connectivity index (χ1) is 8.97. The average Bonchev–Trinajstić information content (AvgIpc) is 2.39. The number of urea groups is 1. The Morgan fingerprint density at radius 3 is 2.79 bits per heavy atom. The molecule has 98 valence electrons. The Balaban J connectivity index is 2.62. The SMILES string of the molecule is CC#CC[N+]1=C2C=C(F)C(F)C=C2C(=O)N(C)C1=O. The van der Waals surface area contributed by atoms with Crippen LogP contribution in [0.5, 0.6) is 0 Å². The summed E-state index contributed by atoms with van der Waals surface area (Å²) in [4.78, 5) is 24.7. The number of fused-ring (bicyclic) bond motifs is 1. The monoisotopic (exact) mass is 265 g/mol. The van der Waals surface area contributed by atoms with Gasteiger partial charge in [0.05, 0.1) is 7.05 Å². The molecule has 1 atom stereocenters. The van der Waals surface area contributed by atoms with Gasteiger partial charge >= 0.3 is 11.9 Å². The summed E-state index contributed by atoms with van der Waals surface area (Å²) in [5.41, 5.74) is 0.0381. The first-order valence-corrected chi connectivity index (χ1v) is 5.56. The third-order valence-corrected chi connectivity index (χ3v) is 2.88. The zero-order chi connectivity index (χ0) is 14.2. The number of carbonyl (C=O) groups excluding carboxylic acids is 2. The summed E-state index contributed by atoms with van der Waals surface area (Å²) in [6, 6.07) is -0.610. The largest absolute Gasteiger partial charge is 0.502 e. The van der Waals surface area contributed by atoms with Gasteiger partial charge in [-0.15, -0.1) is 5.92 Å². The van der Waals surface area contributed by atoms with Gasteiger partial charge in [0, 0.05) is 6.08 Å². The molecule has 0 N–H and O–H groups in total. The predicted octanol–water partition coefficient (Wildman–Crippen LogP) is 1.19. The van der Waals surface area contributed by atoms with Crippen molar-refractivity contribution < 1.29 is 22.9 Å². The molecule has 0 saturated carbocycles. The number of nitrogens with zero attached hydrogens (tertiary/aromatic N) is 2. The van der Waals surface area contributed by atoms with E-state index in [1.165, 1.54) is 7.05 Å². The summed E-state index contributed by atoms with van der Waals surface area (Å²) in [5.74, 6) is 3.60. The normalized spacial score (nSPS) is 22.5. The second kappa shape index (κ2) is 4.76. The summed E-state index contributed by atoms with van der Waals surface area (Å²) in [6.45, 7) is 1.61. The van der Waals surface area contributed by atoms with Crippen LogP contribution in [0.4, 0.5) is 13.6 Å². The molecule has 0 spiro atoms. The number of imide groups is 1. The molecular formula is C13H11F2N2O2+. The molecule has 6 heteroatoms. The molecule has 0 aromatic carbocycles. The molecule has 0 aromatic heterocycles. The van der Waals surface area contributed by atoms with Gasteiger partial charge in [-0.2, -0.15) is 14.3 Å². The first kappa shape index (κ1) is 13.1. The zero-order valence-electron chi connectivity index (χ0n) is 10.4. The molecule has 0 fully saturated rings. The van der Waals surface area contributed by atoms with Gasteiger partial charge in [0.1, 0.15) is 17.1 Å². The van der Waals surface area contributed by atoms with E-state index in [-0.39, 0.29) is 17.8 Å². The van der Waals surface area contributed by atoms with Crippen LogP contribution in [-0.2, 0) is 4.79 Å². The van der Waals surface area contributed by atoms with E-state index in [4.69, 9.17) is 0 Å². The lowest BCUT2D eigenvalue weighted by Crippen LogP contribution is -2.50. The fraction of sp³-hybridized carbons (Fsp3) is 0.308. The van der Waals surface area contributed by atoms with E-state index in [0.29, 0.717) is 0 Å². The van der Waals surface area contributed by atoms with Crippen LogP contribution in [0, 0.1) is 11.8 Å². The van der Waals surface area contributed by atoms with E-state index >= 15 is 0 Å². The van der Waals surface area contributed by atoms with Gasteiger partial charge in [-0.3, -0.25) is 0 Å². The molecule has 1 heterocycles. The number of carbonyl (C=O) groups is 2. The Labute approximate surface area is 108 Å². The van der Waals surface area contributed by atoms with Crippen LogP contribution in [0.1, 0.15) is 6.92 Å². The van der Waals surface area contributed by atoms with Crippen LogP contribution in [0.2, 0.25) is 0 Å². The van der Waals surface area contributed by atoms with E-state index in [2.05, 4.69) is 11.8 Å². The molecule has 2 rings (SSSR count). The van der Waals surface area contributed by atoms with Crippen molar-refractivity contribution in [2.24, 2.45) is 0 Å². The van der Waals surface area contributed by atoms with Crippen LogP contribution in [0.25, 0.3) is 0 Å². The predicted molar refractivity (Wildman–Crippen MR) is 63.9 cm³/mol. The molecule has 1 unspecified atom stereocenters. The number of hydrogen-bond acceptors (Lipinski definition) is 2. The highest BCUT2D eigenvalue weighted by Crippen LogP contribution is 2.24. The average molecular weight is 265 g/mol. The molecular weight excluding hydrogens is 254 g/mol. The Kier molecular flexibility index (Phi) is 3.30. The molecule has 0 radical (unpaired) electrons. The van der Waals surface area contributed by atoms with E-state index in [9.17, 15) is 18.4 Å². The van der Waals surface area contributed by atoms with Gasteiger partial charge < -0.3 is 0 Å². The van der Waals surface area contributed by atoms with Crippen LogP contribution < -0.4 is 0 Å². The number of likely N-dealkylation sites (N-methyl/N-ethyl adjacent to an activating group) is 1. The highest BCUT2D eigenvalue weighted by molar-refractivity contribution is 6.29. The highest BCUT2D eigenvalue weighted by atomic mass is 19.2. The molecule has 1 aliphatic heterocycles. The van der Waals surface area contributed by atoms with Gasteiger partial charge in [-0.05, 0) is 13.0 Å². The Morgan fingerprint density at radius 1 is 1.47 bits per heavy atom.